The van der Waals surface area contributed by atoms with Crippen LogP contribution in [0.1, 0.15) is 50.7 Å². The highest BCUT2D eigenvalue weighted by Gasteiger charge is 2.56. The summed E-state index contributed by atoms with van der Waals surface area (Å²) in [7, 11) is 0. The normalized spacial score (nSPS) is 23.9. The Hall–Kier alpha value is -4.66. The number of benzene rings is 6. The van der Waals surface area contributed by atoms with Crippen LogP contribution in [0.5, 0.6) is 0 Å². The van der Waals surface area contributed by atoms with Gasteiger partial charge in [0.25, 0.3) is 0 Å². The summed E-state index contributed by atoms with van der Waals surface area (Å²) in [5.74, 6) is 3.05. The van der Waals surface area contributed by atoms with E-state index in [0.29, 0.717) is 11.8 Å². The van der Waals surface area contributed by atoms with Crippen LogP contribution in [0.15, 0.2) is 140 Å². The fraction of sp³-hybridized carbons (Fsp3) is 0.234. The molecule has 1 heterocycles. The molecule has 6 aromatic carbocycles. The average molecular weight is 652 g/mol. The maximum Gasteiger partial charge on any atom is 0.0468 e. The number of hydrogen-bond donors (Lipinski definition) is 0. The SMILES string of the molecule is C[C@H]1C[C@@H]2C[C@H](C1)C1(c3ccccc3-c3cc(N(c4ccccc4)c4ccc(-c5ccc6c(c5)sc5ccccc56)cc4)ccc31)[C@H](C)C2. The predicted octanol–water partition coefficient (Wildman–Crippen LogP) is 13.5. The van der Waals surface area contributed by atoms with Crippen LogP contribution in [-0.4, -0.2) is 0 Å². The van der Waals surface area contributed by atoms with Crippen LogP contribution in [-0.2, 0) is 5.41 Å². The summed E-state index contributed by atoms with van der Waals surface area (Å²) in [6, 6.07) is 52.6. The average Bonchev–Trinajstić information content (AvgIpc) is 3.65. The first-order chi connectivity index (χ1) is 24.1. The first-order valence-corrected chi connectivity index (χ1v) is 19.0. The number of thiophene rings is 1. The van der Waals surface area contributed by atoms with E-state index in [4.69, 9.17) is 0 Å². The lowest BCUT2D eigenvalue weighted by Gasteiger charge is -2.54. The molecule has 1 unspecified atom stereocenters. The number of hydrogen-bond acceptors (Lipinski definition) is 2. The first-order valence-electron chi connectivity index (χ1n) is 18.2. The lowest BCUT2D eigenvalue weighted by Crippen LogP contribution is -2.49. The van der Waals surface area contributed by atoms with Crippen LogP contribution in [0.25, 0.3) is 42.4 Å². The molecule has 10 rings (SSSR count). The third-order valence-electron chi connectivity index (χ3n) is 12.4. The topological polar surface area (TPSA) is 3.24 Å². The van der Waals surface area contributed by atoms with Crippen molar-refractivity contribution in [2.45, 2.75) is 44.9 Å². The van der Waals surface area contributed by atoms with Gasteiger partial charge in [0.15, 0.2) is 0 Å². The quantitative estimate of drug-likeness (QED) is 0.183. The van der Waals surface area contributed by atoms with Crippen LogP contribution in [0.2, 0.25) is 0 Å². The summed E-state index contributed by atoms with van der Waals surface area (Å²) in [4.78, 5) is 2.44. The summed E-state index contributed by atoms with van der Waals surface area (Å²) in [5, 5.41) is 2.69. The Bertz CT molecular complexity index is 2350. The fourth-order valence-corrected chi connectivity index (χ4v) is 11.7. The lowest BCUT2D eigenvalue weighted by molar-refractivity contribution is 0.0426. The minimum atomic E-state index is 0.115. The second-order valence-corrected chi connectivity index (χ2v) is 16.3. The molecule has 2 fully saturated rings. The van der Waals surface area contributed by atoms with Gasteiger partial charge >= 0.3 is 0 Å². The van der Waals surface area contributed by atoms with Gasteiger partial charge in [-0.2, -0.15) is 0 Å². The molecule has 2 heteroatoms. The summed E-state index contributed by atoms with van der Waals surface area (Å²) in [6.07, 6.45) is 5.47. The zero-order chi connectivity index (χ0) is 32.7. The van der Waals surface area contributed by atoms with Crippen LogP contribution in [0.3, 0.4) is 0 Å². The monoisotopic (exact) mass is 651 g/mol. The Morgan fingerprint density at radius 3 is 2.10 bits per heavy atom. The molecule has 1 spiro atoms. The van der Waals surface area contributed by atoms with Gasteiger partial charge in [0, 0.05) is 42.6 Å². The highest BCUT2D eigenvalue weighted by atomic mass is 32.1. The minimum absolute atomic E-state index is 0.115. The van der Waals surface area contributed by atoms with Crippen LogP contribution < -0.4 is 4.90 Å². The van der Waals surface area contributed by atoms with E-state index in [1.165, 1.54) is 85.2 Å². The minimum Gasteiger partial charge on any atom is -0.310 e. The molecule has 0 saturated heterocycles. The van der Waals surface area contributed by atoms with Gasteiger partial charge in [0.1, 0.15) is 0 Å². The fourth-order valence-electron chi connectivity index (χ4n) is 10.6. The van der Waals surface area contributed by atoms with E-state index in [1.54, 1.807) is 11.1 Å². The number of nitrogens with zero attached hydrogens (tertiary/aromatic N) is 1. The van der Waals surface area contributed by atoms with E-state index in [1.807, 2.05) is 11.3 Å². The molecule has 2 saturated carbocycles. The molecular weight excluding hydrogens is 611 g/mol. The van der Waals surface area contributed by atoms with Crippen molar-refractivity contribution in [1.82, 2.24) is 0 Å². The third-order valence-corrected chi connectivity index (χ3v) is 13.5. The van der Waals surface area contributed by atoms with Gasteiger partial charge < -0.3 is 4.90 Å². The Morgan fingerprint density at radius 2 is 1.22 bits per heavy atom. The van der Waals surface area contributed by atoms with Crippen molar-refractivity contribution < 1.29 is 0 Å². The van der Waals surface area contributed by atoms with Crippen molar-refractivity contribution in [1.29, 1.82) is 0 Å². The zero-order valence-electron chi connectivity index (χ0n) is 28.3. The number of para-hydroxylation sites is 1. The number of rotatable bonds is 4. The molecule has 5 atom stereocenters. The molecule has 3 aliphatic rings. The molecule has 7 aromatic rings. The van der Waals surface area contributed by atoms with E-state index in [-0.39, 0.29) is 5.41 Å². The summed E-state index contributed by atoms with van der Waals surface area (Å²) >= 11 is 1.88. The van der Waals surface area contributed by atoms with E-state index < -0.39 is 0 Å². The van der Waals surface area contributed by atoms with Gasteiger partial charge in [0.2, 0.25) is 0 Å². The standard InChI is InChI=1S/C47H41NS/c1-30-24-32-26-31(2)47(35(25-30)27-32)43-14-8-6-12-39(43)42-29-38(21-23-44(42)47)48(36-10-4-3-5-11-36)37-19-16-33(17-20-37)34-18-22-41-40-13-7-9-15-45(40)49-46(41)28-34/h3-23,28-32,35H,24-27H2,1-2H3/t30-,31+,32-,35-,47?/m0/s1. The summed E-state index contributed by atoms with van der Waals surface area (Å²) < 4.78 is 2.69. The Labute approximate surface area is 293 Å². The molecule has 3 aliphatic carbocycles. The van der Waals surface area contributed by atoms with Gasteiger partial charge in [-0.25, -0.2) is 0 Å². The maximum atomic E-state index is 2.56. The van der Waals surface area contributed by atoms with Crippen LogP contribution >= 0.6 is 11.3 Å². The number of fused-ring (bicyclic) bond motifs is 11. The zero-order valence-corrected chi connectivity index (χ0v) is 29.1. The lowest BCUT2D eigenvalue weighted by atomic mass is 9.49. The van der Waals surface area contributed by atoms with E-state index in [0.717, 1.165) is 11.8 Å². The third kappa shape index (κ3) is 4.43. The van der Waals surface area contributed by atoms with Crippen molar-refractivity contribution in [2.24, 2.45) is 23.7 Å². The molecule has 49 heavy (non-hydrogen) atoms. The Morgan fingerprint density at radius 1 is 0.531 bits per heavy atom. The molecule has 1 nitrogen and oxygen atoms in total. The molecule has 240 valence electrons. The highest BCUT2D eigenvalue weighted by molar-refractivity contribution is 7.25. The predicted molar refractivity (Wildman–Crippen MR) is 209 cm³/mol. The molecule has 0 aliphatic heterocycles. The maximum absolute atomic E-state index is 2.56. The summed E-state index contributed by atoms with van der Waals surface area (Å²) in [5.41, 5.74) is 12.2. The van der Waals surface area contributed by atoms with Crippen molar-refractivity contribution >= 4 is 48.6 Å². The molecule has 0 radical (unpaired) electrons. The Balaban J connectivity index is 1.07. The molecular formula is C47H41NS. The largest absolute Gasteiger partial charge is 0.310 e. The second kappa shape index (κ2) is 11.2. The molecule has 1 aromatic heterocycles. The van der Waals surface area contributed by atoms with Gasteiger partial charge in [-0.1, -0.05) is 105 Å². The van der Waals surface area contributed by atoms with E-state index in [9.17, 15) is 0 Å². The van der Waals surface area contributed by atoms with E-state index in [2.05, 4.69) is 158 Å². The Kier molecular flexibility index (Phi) is 6.68. The van der Waals surface area contributed by atoms with Crippen molar-refractivity contribution in [3.8, 4) is 22.3 Å². The summed E-state index contributed by atoms with van der Waals surface area (Å²) in [6.45, 7) is 5.06. The van der Waals surface area contributed by atoms with E-state index >= 15 is 0 Å². The van der Waals surface area contributed by atoms with Crippen molar-refractivity contribution in [3.05, 3.63) is 151 Å². The van der Waals surface area contributed by atoms with Gasteiger partial charge in [-0.05, 0) is 131 Å². The number of anilines is 3. The molecule has 0 N–H and O–H groups in total. The molecule has 0 amide bonds. The van der Waals surface area contributed by atoms with Gasteiger partial charge in [-0.3, -0.25) is 0 Å². The van der Waals surface area contributed by atoms with Crippen LogP contribution in [0.4, 0.5) is 17.1 Å². The van der Waals surface area contributed by atoms with Crippen molar-refractivity contribution in [3.63, 3.8) is 0 Å². The second-order valence-electron chi connectivity index (χ2n) is 15.2. The van der Waals surface area contributed by atoms with Crippen LogP contribution in [0, 0.1) is 23.7 Å². The highest BCUT2D eigenvalue weighted by Crippen LogP contribution is 2.64. The molecule has 2 bridgehead atoms. The first kappa shape index (κ1) is 29.3. The van der Waals surface area contributed by atoms with Gasteiger partial charge in [0.05, 0.1) is 0 Å². The van der Waals surface area contributed by atoms with Crippen molar-refractivity contribution in [2.75, 3.05) is 4.90 Å². The smallest absolute Gasteiger partial charge is 0.0468 e. The van der Waals surface area contributed by atoms with Gasteiger partial charge in [-0.15, -0.1) is 11.3 Å².